The van der Waals surface area contributed by atoms with E-state index in [4.69, 9.17) is 4.74 Å². The van der Waals surface area contributed by atoms with Crippen LogP contribution in [0.3, 0.4) is 0 Å². The minimum Gasteiger partial charge on any atom is -0.468 e. The van der Waals surface area contributed by atoms with Gasteiger partial charge in [-0.2, -0.15) is 0 Å². The number of benzene rings is 1. The van der Waals surface area contributed by atoms with Crippen molar-refractivity contribution in [3.63, 3.8) is 0 Å². The Balaban J connectivity index is 2.35. The Morgan fingerprint density at radius 3 is 2.68 bits per heavy atom. The predicted octanol–water partition coefficient (Wildman–Crippen LogP) is 2.27. The molecule has 4 nitrogen and oxygen atoms in total. The van der Waals surface area contributed by atoms with Crippen LogP contribution in [0.25, 0.3) is 10.9 Å². The van der Waals surface area contributed by atoms with Gasteiger partial charge < -0.3 is 9.30 Å². The van der Waals surface area contributed by atoms with Crippen molar-refractivity contribution >= 4 is 22.7 Å². The summed E-state index contributed by atoms with van der Waals surface area (Å²) in [7, 11) is 3.25. The second-order valence-electron chi connectivity index (χ2n) is 4.99. The summed E-state index contributed by atoms with van der Waals surface area (Å²) in [5, 5.41) is 0.920. The molecule has 0 spiro atoms. The standard InChI is InChI=1S/C15H15NO3/c1-8-11(15(18)19-3)13-12(14(8)17)9-6-4-5-7-10(9)16(13)2/h4-8,11H,1-3H3. The molecule has 98 valence electrons. The van der Waals surface area contributed by atoms with E-state index < -0.39 is 5.92 Å². The highest BCUT2D eigenvalue weighted by molar-refractivity contribution is 6.16. The maximum absolute atomic E-state index is 12.4. The first kappa shape index (κ1) is 12.0. The second kappa shape index (κ2) is 3.95. The Labute approximate surface area is 111 Å². The molecule has 0 radical (unpaired) electrons. The SMILES string of the molecule is COC(=O)C1c2c(c3ccccc3n2C)C(=O)C1C. The van der Waals surface area contributed by atoms with Gasteiger partial charge in [-0.15, -0.1) is 0 Å². The zero-order chi connectivity index (χ0) is 13.7. The first-order chi connectivity index (χ1) is 9.07. The van der Waals surface area contributed by atoms with Crippen LogP contribution in [-0.4, -0.2) is 23.4 Å². The first-order valence-electron chi connectivity index (χ1n) is 6.27. The summed E-state index contributed by atoms with van der Waals surface area (Å²) in [6.45, 7) is 1.79. The Morgan fingerprint density at radius 1 is 1.32 bits per heavy atom. The Morgan fingerprint density at radius 2 is 2.00 bits per heavy atom. The molecule has 4 heteroatoms. The lowest BCUT2D eigenvalue weighted by molar-refractivity contribution is -0.143. The van der Waals surface area contributed by atoms with Crippen LogP contribution >= 0.6 is 0 Å². The summed E-state index contributed by atoms with van der Waals surface area (Å²) in [5.41, 5.74) is 2.44. The summed E-state index contributed by atoms with van der Waals surface area (Å²) in [6.07, 6.45) is 0. The topological polar surface area (TPSA) is 48.3 Å². The summed E-state index contributed by atoms with van der Waals surface area (Å²) in [6, 6.07) is 7.73. The molecule has 0 N–H and O–H groups in total. The summed E-state index contributed by atoms with van der Waals surface area (Å²) in [4.78, 5) is 24.4. The van der Waals surface area contributed by atoms with E-state index >= 15 is 0 Å². The zero-order valence-corrected chi connectivity index (χ0v) is 11.1. The van der Waals surface area contributed by atoms with Gasteiger partial charge in [0.25, 0.3) is 0 Å². The molecular weight excluding hydrogens is 242 g/mol. The van der Waals surface area contributed by atoms with Crippen LogP contribution in [0.1, 0.15) is 28.9 Å². The molecule has 2 atom stereocenters. The van der Waals surface area contributed by atoms with E-state index in [1.54, 1.807) is 6.92 Å². The van der Waals surface area contributed by atoms with Gasteiger partial charge in [-0.3, -0.25) is 9.59 Å². The number of carbonyl (C=O) groups is 2. The molecule has 0 amide bonds. The average Bonchev–Trinajstić information content (AvgIpc) is 2.86. The number of ether oxygens (including phenoxy) is 1. The lowest BCUT2D eigenvalue weighted by atomic mass is 9.96. The van der Waals surface area contributed by atoms with Gasteiger partial charge in [-0.1, -0.05) is 25.1 Å². The van der Waals surface area contributed by atoms with Gasteiger partial charge in [0, 0.05) is 35.1 Å². The zero-order valence-electron chi connectivity index (χ0n) is 11.1. The van der Waals surface area contributed by atoms with E-state index in [-0.39, 0.29) is 17.7 Å². The van der Waals surface area contributed by atoms with Crippen LogP contribution < -0.4 is 0 Å². The number of nitrogens with zero attached hydrogens (tertiary/aromatic N) is 1. The third-order valence-electron chi connectivity index (χ3n) is 4.06. The molecule has 0 bridgehead atoms. The van der Waals surface area contributed by atoms with Crippen LogP contribution in [0.4, 0.5) is 0 Å². The number of hydrogen-bond donors (Lipinski definition) is 0. The number of ketones is 1. The van der Waals surface area contributed by atoms with E-state index in [9.17, 15) is 9.59 Å². The van der Waals surface area contributed by atoms with E-state index in [0.717, 1.165) is 16.6 Å². The molecule has 19 heavy (non-hydrogen) atoms. The van der Waals surface area contributed by atoms with Gasteiger partial charge in [-0.05, 0) is 6.07 Å². The quantitative estimate of drug-likeness (QED) is 0.736. The van der Waals surface area contributed by atoms with Crippen LogP contribution in [-0.2, 0) is 16.6 Å². The molecule has 0 aliphatic heterocycles. The van der Waals surface area contributed by atoms with Crippen LogP contribution in [0, 0.1) is 5.92 Å². The van der Waals surface area contributed by atoms with Crippen molar-refractivity contribution < 1.29 is 14.3 Å². The summed E-state index contributed by atoms with van der Waals surface area (Å²) >= 11 is 0. The van der Waals surface area contributed by atoms with Crippen molar-refractivity contribution in [2.45, 2.75) is 12.8 Å². The molecule has 0 fully saturated rings. The second-order valence-corrected chi connectivity index (χ2v) is 4.99. The Hall–Kier alpha value is -2.10. The third-order valence-corrected chi connectivity index (χ3v) is 4.06. The molecule has 2 unspecified atom stereocenters. The van der Waals surface area contributed by atoms with Crippen molar-refractivity contribution in [3.8, 4) is 0 Å². The van der Waals surface area contributed by atoms with E-state index in [1.807, 2.05) is 35.9 Å². The number of Topliss-reactive ketones (excluding diaryl/α,β-unsaturated/α-hetero) is 1. The highest BCUT2D eigenvalue weighted by atomic mass is 16.5. The van der Waals surface area contributed by atoms with Crippen LogP contribution in [0.2, 0.25) is 0 Å². The molecule has 1 aliphatic carbocycles. The number of rotatable bonds is 1. The highest BCUT2D eigenvalue weighted by Gasteiger charge is 2.45. The molecule has 0 saturated carbocycles. The third kappa shape index (κ3) is 1.40. The molecule has 1 aromatic carbocycles. The predicted molar refractivity (Wildman–Crippen MR) is 71.2 cm³/mol. The summed E-state index contributed by atoms with van der Waals surface area (Å²) < 4.78 is 6.79. The molecule has 1 aliphatic rings. The smallest absolute Gasteiger partial charge is 0.315 e. The van der Waals surface area contributed by atoms with Crippen molar-refractivity contribution in [2.75, 3.05) is 7.11 Å². The highest BCUT2D eigenvalue weighted by Crippen LogP contribution is 2.43. The normalized spacial score (nSPS) is 21.7. The van der Waals surface area contributed by atoms with Crippen molar-refractivity contribution in [1.29, 1.82) is 0 Å². The minimum absolute atomic E-state index is 0.0298. The lowest BCUT2D eigenvalue weighted by Gasteiger charge is -2.14. The van der Waals surface area contributed by atoms with Gasteiger partial charge in [0.2, 0.25) is 0 Å². The van der Waals surface area contributed by atoms with Crippen molar-refractivity contribution in [1.82, 2.24) is 4.57 Å². The molecule has 1 heterocycles. The Kier molecular flexibility index (Phi) is 2.49. The van der Waals surface area contributed by atoms with E-state index in [0.29, 0.717) is 5.56 Å². The molecular formula is C15H15NO3. The number of carbonyl (C=O) groups excluding carboxylic acids is 2. The lowest BCUT2D eigenvalue weighted by Crippen LogP contribution is -2.21. The van der Waals surface area contributed by atoms with Gasteiger partial charge in [0.1, 0.15) is 5.92 Å². The first-order valence-corrected chi connectivity index (χ1v) is 6.27. The molecule has 2 aromatic rings. The fourth-order valence-corrected chi connectivity index (χ4v) is 3.09. The number of esters is 1. The maximum Gasteiger partial charge on any atom is 0.315 e. The monoisotopic (exact) mass is 257 g/mol. The summed E-state index contributed by atoms with van der Waals surface area (Å²) in [5.74, 6) is -1.16. The fraction of sp³-hybridized carbons (Fsp3) is 0.333. The number of aromatic nitrogens is 1. The van der Waals surface area contributed by atoms with Gasteiger partial charge in [0.05, 0.1) is 7.11 Å². The fourth-order valence-electron chi connectivity index (χ4n) is 3.09. The number of aryl methyl sites for hydroxylation is 1. The van der Waals surface area contributed by atoms with E-state index in [1.165, 1.54) is 7.11 Å². The Bertz CT molecular complexity index is 699. The molecule has 3 rings (SSSR count). The van der Waals surface area contributed by atoms with Gasteiger partial charge in [-0.25, -0.2) is 0 Å². The average molecular weight is 257 g/mol. The number of hydrogen-bond acceptors (Lipinski definition) is 3. The van der Waals surface area contributed by atoms with Gasteiger partial charge in [0.15, 0.2) is 5.78 Å². The minimum atomic E-state index is -0.495. The van der Waals surface area contributed by atoms with E-state index in [2.05, 4.69) is 0 Å². The number of para-hydroxylation sites is 1. The van der Waals surface area contributed by atoms with Crippen LogP contribution in [0.15, 0.2) is 24.3 Å². The largest absolute Gasteiger partial charge is 0.468 e. The number of methoxy groups -OCH3 is 1. The van der Waals surface area contributed by atoms with Crippen molar-refractivity contribution in [3.05, 3.63) is 35.5 Å². The molecule has 1 aromatic heterocycles. The van der Waals surface area contributed by atoms with Gasteiger partial charge >= 0.3 is 5.97 Å². The molecule has 0 saturated heterocycles. The van der Waals surface area contributed by atoms with Crippen molar-refractivity contribution in [2.24, 2.45) is 13.0 Å². The number of fused-ring (bicyclic) bond motifs is 3. The maximum atomic E-state index is 12.4. The van der Waals surface area contributed by atoms with Crippen LogP contribution in [0.5, 0.6) is 0 Å².